The Morgan fingerprint density at radius 1 is 1.12 bits per heavy atom. The highest BCUT2D eigenvalue weighted by atomic mass is 32.2. The molecule has 0 bridgehead atoms. The number of halogens is 2. The third-order valence-electron chi connectivity index (χ3n) is 5.12. The first kappa shape index (κ1) is 23.6. The van der Waals surface area contributed by atoms with Crippen LogP contribution >= 0.6 is 11.8 Å². The van der Waals surface area contributed by atoms with Gasteiger partial charge in [-0.05, 0) is 18.2 Å². The summed E-state index contributed by atoms with van der Waals surface area (Å²) in [4.78, 5) is 0.158. The Kier molecular flexibility index (Phi) is 7.23. The van der Waals surface area contributed by atoms with Gasteiger partial charge in [0.15, 0.2) is 22.6 Å². The zero-order chi connectivity index (χ0) is 23.4. The molecule has 1 aromatic heterocycles. The van der Waals surface area contributed by atoms with Gasteiger partial charge in [-0.3, -0.25) is 4.57 Å². The maximum Gasteiger partial charge on any atom is 0.243 e. The molecule has 0 unspecified atom stereocenters. The van der Waals surface area contributed by atoms with E-state index in [0.717, 1.165) is 6.07 Å². The Morgan fingerprint density at radius 2 is 1.88 bits per heavy atom. The van der Waals surface area contributed by atoms with Gasteiger partial charge in [0.25, 0.3) is 0 Å². The lowest BCUT2D eigenvalue weighted by Gasteiger charge is -2.26. The van der Waals surface area contributed by atoms with Crippen LogP contribution in [-0.4, -0.2) is 53.8 Å². The molecule has 11 heteroatoms. The molecule has 0 saturated carbocycles. The van der Waals surface area contributed by atoms with Crippen LogP contribution in [0.5, 0.6) is 0 Å². The number of thioether (sulfide) groups is 1. The number of sulfonamides is 1. The lowest BCUT2D eigenvalue weighted by molar-refractivity contribution is 0.0730. The molecule has 7 nitrogen and oxygen atoms in total. The van der Waals surface area contributed by atoms with E-state index in [1.807, 2.05) is 0 Å². The summed E-state index contributed by atoms with van der Waals surface area (Å²) < 4.78 is 62.0. The van der Waals surface area contributed by atoms with E-state index in [9.17, 15) is 17.2 Å². The van der Waals surface area contributed by atoms with Crippen LogP contribution in [0.3, 0.4) is 0 Å². The monoisotopic (exact) mass is 492 g/mol. The predicted octanol–water partition coefficient (Wildman–Crippen LogP) is 3.72. The first-order valence-corrected chi connectivity index (χ1v) is 12.6. The van der Waals surface area contributed by atoms with Crippen LogP contribution in [0, 0.1) is 11.6 Å². The van der Waals surface area contributed by atoms with Gasteiger partial charge in [0, 0.05) is 36.5 Å². The quantitative estimate of drug-likeness (QED) is 0.352. The third kappa shape index (κ3) is 5.01. The van der Waals surface area contributed by atoms with Crippen molar-refractivity contribution in [3.63, 3.8) is 0 Å². The molecular formula is C22H22F2N4O3S2. The number of hydrogen-bond donors (Lipinski definition) is 0. The lowest BCUT2D eigenvalue weighted by atomic mass is 10.2. The molecule has 0 N–H and O–H groups in total. The lowest BCUT2D eigenvalue weighted by Crippen LogP contribution is -2.40. The standard InChI is InChI=1S/C22H22F2N4O3S2/c1-2-9-28-21(25-26-22(28)32-15-17-6-4-8-19(23)20(17)24)16-5-3-7-18(14-16)33(29,30)27-10-12-31-13-11-27/h2-8,14H,1,9-13,15H2. The van der Waals surface area contributed by atoms with Gasteiger partial charge in [-0.25, -0.2) is 17.2 Å². The number of benzene rings is 2. The Morgan fingerprint density at radius 3 is 2.64 bits per heavy atom. The van der Waals surface area contributed by atoms with E-state index in [1.165, 1.54) is 28.2 Å². The minimum absolute atomic E-state index is 0.157. The average molecular weight is 493 g/mol. The van der Waals surface area contributed by atoms with Gasteiger partial charge in [0.05, 0.1) is 18.1 Å². The van der Waals surface area contributed by atoms with Crippen molar-refractivity contribution in [2.24, 2.45) is 0 Å². The molecule has 0 atom stereocenters. The first-order chi connectivity index (χ1) is 15.9. The normalized spacial score (nSPS) is 15.0. The fourth-order valence-corrected chi connectivity index (χ4v) is 5.81. The van der Waals surface area contributed by atoms with Crippen molar-refractivity contribution in [3.8, 4) is 11.4 Å². The van der Waals surface area contributed by atoms with Crippen LogP contribution in [0.2, 0.25) is 0 Å². The highest BCUT2D eigenvalue weighted by Crippen LogP contribution is 2.29. The summed E-state index contributed by atoms with van der Waals surface area (Å²) in [6.45, 7) is 5.45. The molecule has 1 fully saturated rings. The molecule has 3 aromatic rings. The Bertz CT molecular complexity index is 1260. The number of rotatable bonds is 8. The number of nitrogens with zero attached hydrogens (tertiary/aromatic N) is 4. The molecule has 1 aliphatic rings. The molecule has 2 aromatic carbocycles. The van der Waals surface area contributed by atoms with Crippen molar-refractivity contribution in [1.29, 1.82) is 0 Å². The fourth-order valence-electron chi connectivity index (χ4n) is 3.44. The molecule has 1 aliphatic heterocycles. The van der Waals surface area contributed by atoms with Crippen LogP contribution in [0.1, 0.15) is 5.56 Å². The van der Waals surface area contributed by atoms with Crippen LogP contribution in [0.15, 0.2) is 65.2 Å². The Balaban J connectivity index is 1.63. The van der Waals surface area contributed by atoms with Gasteiger partial charge in [0.2, 0.25) is 10.0 Å². The minimum atomic E-state index is -3.67. The van der Waals surface area contributed by atoms with Gasteiger partial charge in [-0.1, -0.05) is 42.1 Å². The molecule has 0 aliphatic carbocycles. The number of aromatic nitrogens is 3. The second-order valence-corrected chi connectivity index (χ2v) is 10.1. The summed E-state index contributed by atoms with van der Waals surface area (Å²) in [7, 11) is -3.67. The number of allylic oxidation sites excluding steroid dienone is 1. The van der Waals surface area contributed by atoms with E-state index in [4.69, 9.17) is 4.74 Å². The van der Waals surface area contributed by atoms with E-state index in [1.54, 1.807) is 34.9 Å². The van der Waals surface area contributed by atoms with Crippen molar-refractivity contribution in [3.05, 3.63) is 72.3 Å². The van der Waals surface area contributed by atoms with Gasteiger partial charge in [-0.15, -0.1) is 16.8 Å². The SMILES string of the molecule is C=CCn1c(SCc2cccc(F)c2F)nnc1-c1cccc(S(=O)(=O)N2CCOCC2)c1. The zero-order valence-electron chi connectivity index (χ0n) is 17.7. The van der Waals surface area contributed by atoms with E-state index in [2.05, 4.69) is 16.8 Å². The smallest absolute Gasteiger partial charge is 0.243 e. The van der Waals surface area contributed by atoms with Gasteiger partial charge in [-0.2, -0.15) is 4.31 Å². The van der Waals surface area contributed by atoms with Crippen LogP contribution < -0.4 is 0 Å². The van der Waals surface area contributed by atoms with Crippen molar-refractivity contribution < 1.29 is 21.9 Å². The summed E-state index contributed by atoms with van der Waals surface area (Å²) in [5, 5.41) is 8.92. The van der Waals surface area contributed by atoms with E-state index >= 15 is 0 Å². The number of morpholine rings is 1. The van der Waals surface area contributed by atoms with Crippen molar-refractivity contribution >= 4 is 21.8 Å². The number of ether oxygens (including phenoxy) is 1. The van der Waals surface area contributed by atoms with E-state index in [-0.39, 0.29) is 16.2 Å². The molecule has 0 spiro atoms. The summed E-state index contributed by atoms with van der Waals surface area (Å²) >= 11 is 1.21. The molecule has 0 amide bonds. The summed E-state index contributed by atoms with van der Waals surface area (Å²) in [6.07, 6.45) is 1.66. The number of hydrogen-bond acceptors (Lipinski definition) is 6. The molecule has 1 saturated heterocycles. The molecular weight excluding hydrogens is 470 g/mol. The van der Waals surface area contributed by atoms with Gasteiger partial charge in [0.1, 0.15) is 0 Å². The average Bonchev–Trinajstić information content (AvgIpc) is 3.23. The fraction of sp³-hybridized carbons (Fsp3) is 0.273. The van der Waals surface area contributed by atoms with Crippen LogP contribution in [0.25, 0.3) is 11.4 Å². The highest BCUT2D eigenvalue weighted by Gasteiger charge is 2.27. The molecule has 0 radical (unpaired) electrons. The third-order valence-corrected chi connectivity index (χ3v) is 8.03. The molecule has 2 heterocycles. The summed E-state index contributed by atoms with van der Waals surface area (Å²) in [5.41, 5.74) is 0.788. The Hall–Kier alpha value is -2.60. The summed E-state index contributed by atoms with van der Waals surface area (Å²) in [5.74, 6) is -1.18. The summed E-state index contributed by atoms with van der Waals surface area (Å²) in [6, 6.07) is 10.6. The predicted molar refractivity (Wildman–Crippen MR) is 121 cm³/mol. The first-order valence-electron chi connectivity index (χ1n) is 10.2. The topological polar surface area (TPSA) is 77.3 Å². The Labute approximate surface area is 195 Å². The van der Waals surface area contributed by atoms with E-state index < -0.39 is 21.7 Å². The maximum absolute atomic E-state index is 14.0. The van der Waals surface area contributed by atoms with E-state index in [0.29, 0.717) is 49.4 Å². The minimum Gasteiger partial charge on any atom is -0.379 e. The zero-order valence-corrected chi connectivity index (χ0v) is 19.3. The van der Waals surface area contributed by atoms with Crippen LogP contribution in [-0.2, 0) is 27.1 Å². The van der Waals surface area contributed by atoms with Crippen LogP contribution in [0.4, 0.5) is 8.78 Å². The van der Waals surface area contributed by atoms with Gasteiger partial charge >= 0.3 is 0 Å². The molecule has 33 heavy (non-hydrogen) atoms. The molecule has 174 valence electrons. The van der Waals surface area contributed by atoms with Crippen molar-refractivity contribution in [2.75, 3.05) is 26.3 Å². The van der Waals surface area contributed by atoms with Gasteiger partial charge < -0.3 is 4.74 Å². The largest absolute Gasteiger partial charge is 0.379 e. The maximum atomic E-state index is 14.0. The highest BCUT2D eigenvalue weighted by molar-refractivity contribution is 7.98. The van der Waals surface area contributed by atoms with Crippen molar-refractivity contribution in [2.45, 2.75) is 22.3 Å². The van der Waals surface area contributed by atoms with Crippen molar-refractivity contribution in [1.82, 2.24) is 19.1 Å². The second-order valence-electron chi connectivity index (χ2n) is 7.25. The molecule has 4 rings (SSSR count). The second kappa shape index (κ2) is 10.1.